The molecule has 0 aliphatic rings. The number of nitrogens with zero attached hydrogens (tertiary/aromatic N) is 3. The SMILES string of the molecule is CCOC(=O)Cn1c(=O)cc(C)c2c(C)nn(-c3ccc(CC)cc3)c21. The van der Waals surface area contributed by atoms with Crippen molar-refractivity contribution >= 4 is 17.0 Å². The van der Waals surface area contributed by atoms with E-state index in [1.807, 2.05) is 38.1 Å². The molecule has 6 nitrogen and oxygen atoms in total. The Kier molecular flexibility index (Phi) is 4.93. The van der Waals surface area contributed by atoms with Crippen LogP contribution in [-0.4, -0.2) is 26.9 Å². The van der Waals surface area contributed by atoms with Crippen LogP contribution in [0.2, 0.25) is 0 Å². The highest BCUT2D eigenvalue weighted by atomic mass is 16.5. The van der Waals surface area contributed by atoms with E-state index in [0.717, 1.165) is 28.8 Å². The van der Waals surface area contributed by atoms with Gasteiger partial charge in [0.2, 0.25) is 0 Å². The largest absolute Gasteiger partial charge is 0.465 e. The molecule has 0 amide bonds. The minimum Gasteiger partial charge on any atom is -0.465 e. The van der Waals surface area contributed by atoms with Gasteiger partial charge in [-0.05, 0) is 50.5 Å². The molecule has 6 heteroatoms. The van der Waals surface area contributed by atoms with Crippen molar-refractivity contribution < 1.29 is 9.53 Å². The van der Waals surface area contributed by atoms with E-state index >= 15 is 0 Å². The van der Waals surface area contributed by atoms with Crippen molar-refractivity contribution in [2.45, 2.75) is 40.7 Å². The zero-order valence-electron chi connectivity index (χ0n) is 15.6. The van der Waals surface area contributed by atoms with E-state index in [-0.39, 0.29) is 18.7 Å². The summed E-state index contributed by atoms with van der Waals surface area (Å²) in [7, 11) is 0. The minimum atomic E-state index is -0.438. The Balaban J connectivity index is 2.26. The number of pyridine rings is 1. The highest BCUT2D eigenvalue weighted by Crippen LogP contribution is 2.24. The lowest BCUT2D eigenvalue weighted by Crippen LogP contribution is -2.27. The molecule has 0 aliphatic carbocycles. The van der Waals surface area contributed by atoms with E-state index in [9.17, 15) is 9.59 Å². The number of benzene rings is 1. The molecule has 0 aliphatic heterocycles. The summed E-state index contributed by atoms with van der Waals surface area (Å²) in [5, 5.41) is 5.52. The Labute approximate surface area is 152 Å². The van der Waals surface area contributed by atoms with Gasteiger partial charge in [0.05, 0.1) is 18.0 Å². The third-order valence-corrected chi connectivity index (χ3v) is 4.47. The normalized spacial score (nSPS) is 11.1. The maximum absolute atomic E-state index is 12.6. The lowest BCUT2D eigenvalue weighted by atomic mass is 10.1. The molecule has 3 aromatic rings. The lowest BCUT2D eigenvalue weighted by molar-refractivity contribution is -0.143. The molecule has 0 atom stereocenters. The van der Waals surface area contributed by atoms with E-state index in [2.05, 4.69) is 12.0 Å². The third kappa shape index (κ3) is 3.14. The molecule has 0 spiro atoms. The summed E-state index contributed by atoms with van der Waals surface area (Å²) < 4.78 is 8.21. The first kappa shape index (κ1) is 17.9. The van der Waals surface area contributed by atoms with Crippen LogP contribution in [0.4, 0.5) is 0 Å². The number of ether oxygens (including phenoxy) is 1. The number of carbonyl (C=O) groups excluding carboxylic acids is 1. The topological polar surface area (TPSA) is 66.1 Å². The highest BCUT2D eigenvalue weighted by Gasteiger charge is 2.19. The van der Waals surface area contributed by atoms with Crippen LogP contribution in [0.1, 0.15) is 30.7 Å². The number of esters is 1. The molecule has 1 aromatic carbocycles. The molecule has 0 N–H and O–H groups in total. The van der Waals surface area contributed by atoms with E-state index in [1.165, 1.54) is 10.1 Å². The van der Waals surface area contributed by atoms with Gasteiger partial charge in [0.1, 0.15) is 12.2 Å². The van der Waals surface area contributed by atoms with Gasteiger partial charge in [-0.3, -0.25) is 14.2 Å². The maximum atomic E-state index is 12.6. The van der Waals surface area contributed by atoms with E-state index < -0.39 is 5.97 Å². The van der Waals surface area contributed by atoms with Crippen LogP contribution in [0.5, 0.6) is 0 Å². The Morgan fingerprint density at radius 3 is 2.46 bits per heavy atom. The Morgan fingerprint density at radius 1 is 1.15 bits per heavy atom. The number of hydrogen-bond acceptors (Lipinski definition) is 4. The fourth-order valence-corrected chi connectivity index (χ4v) is 3.21. The van der Waals surface area contributed by atoms with Gasteiger partial charge in [0, 0.05) is 11.5 Å². The van der Waals surface area contributed by atoms with Crippen LogP contribution >= 0.6 is 0 Å². The summed E-state index contributed by atoms with van der Waals surface area (Å²) in [5.74, 6) is -0.438. The zero-order chi connectivity index (χ0) is 18.8. The number of rotatable bonds is 5. The summed E-state index contributed by atoms with van der Waals surface area (Å²) in [6.45, 7) is 7.78. The third-order valence-electron chi connectivity index (χ3n) is 4.47. The average Bonchev–Trinajstić information content (AvgIpc) is 2.96. The molecule has 2 heterocycles. The molecule has 0 saturated carbocycles. The molecule has 0 unspecified atom stereocenters. The summed E-state index contributed by atoms with van der Waals surface area (Å²) in [6, 6.07) is 9.59. The van der Waals surface area contributed by atoms with Gasteiger partial charge in [0.15, 0.2) is 0 Å². The van der Waals surface area contributed by atoms with Crippen LogP contribution in [-0.2, 0) is 22.5 Å². The van der Waals surface area contributed by atoms with Gasteiger partial charge in [-0.25, -0.2) is 4.68 Å². The molecule has 0 fully saturated rings. The average molecular weight is 353 g/mol. The molecule has 0 bridgehead atoms. The smallest absolute Gasteiger partial charge is 0.326 e. The molecule has 2 aromatic heterocycles. The highest BCUT2D eigenvalue weighted by molar-refractivity contribution is 5.84. The Hall–Kier alpha value is -2.89. The summed E-state index contributed by atoms with van der Waals surface area (Å²) in [5.41, 5.74) is 4.11. The molecule has 0 radical (unpaired) electrons. The van der Waals surface area contributed by atoms with Crippen molar-refractivity contribution in [3.63, 3.8) is 0 Å². The fourth-order valence-electron chi connectivity index (χ4n) is 3.21. The predicted molar refractivity (Wildman–Crippen MR) is 101 cm³/mol. The van der Waals surface area contributed by atoms with Crippen LogP contribution < -0.4 is 5.56 Å². The molecular formula is C20H23N3O3. The number of hydrogen-bond donors (Lipinski definition) is 0. The first-order valence-corrected chi connectivity index (χ1v) is 8.81. The molecular weight excluding hydrogens is 330 g/mol. The monoisotopic (exact) mass is 353 g/mol. The van der Waals surface area contributed by atoms with Gasteiger partial charge < -0.3 is 4.74 Å². The second kappa shape index (κ2) is 7.15. The van der Waals surface area contributed by atoms with Crippen LogP contribution in [0, 0.1) is 13.8 Å². The quantitative estimate of drug-likeness (QED) is 0.662. The van der Waals surface area contributed by atoms with Crippen molar-refractivity contribution in [1.82, 2.24) is 14.3 Å². The standard InChI is InChI=1S/C20H23N3O3/c1-5-15-7-9-16(10-8-15)23-20-19(14(4)21-23)13(3)11-17(24)22(20)12-18(25)26-6-2/h7-11H,5-6,12H2,1-4H3. The second-order valence-corrected chi connectivity index (χ2v) is 6.27. The van der Waals surface area contributed by atoms with Crippen LogP contribution in [0.15, 0.2) is 35.1 Å². The predicted octanol–water partition coefficient (Wildman–Crippen LogP) is 2.93. The Bertz CT molecular complexity index is 1010. The summed E-state index contributed by atoms with van der Waals surface area (Å²) >= 11 is 0. The first-order valence-electron chi connectivity index (χ1n) is 8.81. The zero-order valence-corrected chi connectivity index (χ0v) is 15.6. The second-order valence-electron chi connectivity index (χ2n) is 6.27. The molecule has 26 heavy (non-hydrogen) atoms. The number of aryl methyl sites for hydroxylation is 3. The number of fused-ring (bicyclic) bond motifs is 1. The van der Waals surface area contributed by atoms with Crippen molar-refractivity contribution in [3.8, 4) is 5.69 Å². The van der Waals surface area contributed by atoms with Crippen molar-refractivity contribution in [1.29, 1.82) is 0 Å². The summed E-state index contributed by atoms with van der Waals surface area (Å²) in [6.07, 6.45) is 0.950. The van der Waals surface area contributed by atoms with Gasteiger partial charge in [-0.15, -0.1) is 0 Å². The van der Waals surface area contributed by atoms with E-state index in [1.54, 1.807) is 17.7 Å². The van der Waals surface area contributed by atoms with Crippen LogP contribution in [0.3, 0.4) is 0 Å². The summed E-state index contributed by atoms with van der Waals surface area (Å²) in [4.78, 5) is 24.6. The van der Waals surface area contributed by atoms with Crippen molar-refractivity contribution in [2.75, 3.05) is 6.61 Å². The fraction of sp³-hybridized carbons (Fsp3) is 0.350. The molecule has 3 rings (SSSR count). The minimum absolute atomic E-state index is 0.137. The van der Waals surface area contributed by atoms with Crippen molar-refractivity contribution in [2.24, 2.45) is 0 Å². The lowest BCUT2D eigenvalue weighted by Gasteiger charge is -2.12. The van der Waals surface area contributed by atoms with Gasteiger partial charge in [0.25, 0.3) is 5.56 Å². The number of aromatic nitrogens is 3. The maximum Gasteiger partial charge on any atom is 0.326 e. The van der Waals surface area contributed by atoms with E-state index in [0.29, 0.717) is 5.65 Å². The first-order chi connectivity index (χ1) is 12.5. The van der Waals surface area contributed by atoms with E-state index in [4.69, 9.17) is 4.74 Å². The Morgan fingerprint density at radius 2 is 1.85 bits per heavy atom. The molecule has 0 saturated heterocycles. The van der Waals surface area contributed by atoms with Crippen molar-refractivity contribution in [3.05, 3.63) is 57.5 Å². The molecule has 136 valence electrons. The van der Waals surface area contributed by atoms with Gasteiger partial charge in [-0.2, -0.15) is 5.10 Å². The van der Waals surface area contributed by atoms with Gasteiger partial charge in [-0.1, -0.05) is 19.1 Å². The number of carbonyl (C=O) groups is 1. The van der Waals surface area contributed by atoms with Gasteiger partial charge >= 0.3 is 5.97 Å². The van der Waals surface area contributed by atoms with Crippen LogP contribution in [0.25, 0.3) is 16.7 Å².